The van der Waals surface area contributed by atoms with Crippen molar-refractivity contribution < 1.29 is 22.4 Å². The van der Waals surface area contributed by atoms with Crippen LogP contribution in [0.25, 0.3) is 0 Å². The molecule has 2 aromatic heterocycles. The Balaban J connectivity index is 1.93. The number of carbonyl (C=O) groups is 1. The highest BCUT2D eigenvalue weighted by molar-refractivity contribution is 7.80. The maximum absolute atomic E-state index is 14.2. The molecule has 1 fully saturated rings. The summed E-state index contributed by atoms with van der Waals surface area (Å²) >= 11 is 5.09. The number of nitrogens with one attached hydrogen (secondary N) is 2. The second kappa shape index (κ2) is 8.17. The van der Waals surface area contributed by atoms with Gasteiger partial charge in [-0.1, -0.05) is 6.07 Å². The maximum atomic E-state index is 14.2. The second-order valence-electron chi connectivity index (χ2n) is 6.37. The second-order valence-corrected chi connectivity index (χ2v) is 6.78. The molecule has 2 N–H and O–H groups in total. The third-order valence-electron chi connectivity index (χ3n) is 4.44. The van der Waals surface area contributed by atoms with Crippen molar-refractivity contribution in [2.75, 3.05) is 0 Å². The summed E-state index contributed by atoms with van der Waals surface area (Å²) in [6.07, 6.45) is 0.338. The van der Waals surface area contributed by atoms with Crippen LogP contribution in [0.5, 0.6) is 0 Å². The van der Waals surface area contributed by atoms with Crippen molar-refractivity contribution in [3.8, 4) is 0 Å². The van der Waals surface area contributed by atoms with Crippen molar-refractivity contribution in [2.24, 2.45) is 0 Å². The van der Waals surface area contributed by atoms with E-state index < -0.39 is 29.5 Å². The van der Waals surface area contributed by atoms with Crippen LogP contribution in [0, 0.1) is 5.95 Å². The molecule has 28 heavy (non-hydrogen) atoms. The fourth-order valence-electron chi connectivity index (χ4n) is 2.79. The summed E-state index contributed by atoms with van der Waals surface area (Å²) in [5, 5.41) is 5.41. The molecule has 2 heterocycles. The number of pyridine rings is 2. The minimum atomic E-state index is -4.63. The first-order valence-corrected chi connectivity index (χ1v) is 8.91. The van der Waals surface area contributed by atoms with E-state index in [1.54, 1.807) is 0 Å². The van der Waals surface area contributed by atoms with Gasteiger partial charge in [-0.15, -0.1) is 0 Å². The normalized spacial score (nSPS) is 15.4. The number of hydrogen-bond acceptors (Lipinski definition) is 4. The highest BCUT2D eigenvalue weighted by Crippen LogP contribution is 2.32. The van der Waals surface area contributed by atoms with Crippen molar-refractivity contribution in [1.29, 1.82) is 0 Å². The number of carbonyl (C=O) groups excluding carboxylic acids is 1. The third kappa shape index (κ3) is 4.61. The Morgan fingerprint density at radius 3 is 2.57 bits per heavy atom. The SMILES string of the molecule is O=C(NC(=S)NC1CCC1)C(c1cc(C(F)(F)F)ccn1)c1cccnc1F. The predicted molar refractivity (Wildman–Crippen MR) is 96.8 cm³/mol. The van der Waals surface area contributed by atoms with Crippen LogP contribution in [0.4, 0.5) is 17.6 Å². The molecule has 1 amide bonds. The third-order valence-corrected chi connectivity index (χ3v) is 4.66. The molecule has 148 valence electrons. The lowest BCUT2D eigenvalue weighted by Gasteiger charge is -2.28. The molecule has 1 atom stereocenters. The van der Waals surface area contributed by atoms with E-state index in [9.17, 15) is 22.4 Å². The summed E-state index contributed by atoms with van der Waals surface area (Å²) < 4.78 is 53.4. The molecule has 5 nitrogen and oxygen atoms in total. The van der Waals surface area contributed by atoms with Crippen LogP contribution in [0.3, 0.4) is 0 Å². The van der Waals surface area contributed by atoms with E-state index in [-0.39, 0.29) is 22.4 Å². The molecule has 1 unspecified atom stereocenters. The molecule has 10 heteroatoms. The van der Waals surface area contributed by atoms with Crippen LogP contribution in [0.15, 0.2) is 36.7 Å². The number of thiocarbonyl (C=S) groups is 1. The van der Waals surface area contributed by atoms with E-state index >= 15 is 0 Å². The molecule has 1 saturated carbocycles. The minimum Gasteiger partial charge on any atom is -0.360 e. The average molecular weight is 412 g/mol. The van der Waals surface area contributed by atoms with Crippen LogP contribution in [-0.2, 0) is 11.0 Å². The molecule has 0 radical (unpaired) electrons. The standard InChI is InChI=1S/C18H16F4N4OS/c19-15-12(5-2-7-24-15)14(13-9-10(6-8-23-13)18(20,21)22)16(27)26-17(28)25-11-3-1-4-11/h2,5-9,11,14H,1,3-4H2,(H2,25,26,27,28). The van der Waals surface area contributed by atoms with E-state index in [0.29, 0.717) is 0 Å². The van der Waals surface area contributed by atoms with Crippen molar-refractivity contribution in [2.45, 2.75) is 37.4 Å². The first-order valence-electron chi connectivity index (χ1n) is 8.50. The number of nitrogens with zero attached hydrogens (tertiary/aromatic N) is 2. The Labute approximate surface area is 163 Å². The van der Waals surface area contributed by atoms with Crippen LogP contribution in [0.2, 0.25) is 0 Å². The van der Waals surface area contributed by atoms with Gasteiger partial charge in [-0.05, 0) is 49.7 Å². The molecule has 0 saturated heterocycles. The Morgan fingerprint density at radius 1 is 1.21 bits per heavy atom. The predicted octanol–water partition coefficient (Wildman–Crippen LogP) is 3.31. The number of halogens is 4. The van der Waals surface area contributed by atoms with Gasteiger partial charge in [0.15, 0.2) is 5.11 Å². The molecule has 1 aliphatic carbocycles. The van der Waals surface area contributed by atoms with Crippen molar-refractivity contribution in [1.82, 2.24) is 20.6 Å². The quantitative estimate of drug-likeness (QED) is 0.458. The molecule has 1 aliphatic rings. The topological polar surface area (TPSA) is 66.9 Å². The zero-order chi connectivity index (χ0) is 20.3. The number of amides is 1. The zero-order valence-electron chi connectivity index (χ0n) is 14.5. The number of aromatic nitrogens is 2. The molecular weight excluding hydrogens is 396 g/mol. The van der Waals surface area contributed by atoms with Crippen molar-refractivity contribution >= 4 is 23.2 Å². The lowest BCUT2D eigenvalue weighted by Crippen LogP contribution is -2.48. The van der Waals surface area contributed by atoms with Crippen molar-refractivity contribution in [3.63, 3.8) is 0 Å². The molecule has 0 aliphatic heterocycles. The van der Waals surface area contributed by atoms with Crippen LogP contribution >= 0.6 is 12.2 Å². The lowest BCUT2D eigenvalue weighted by atomic mass is 9.93. The summed E-state index contributed by atoms with van der Waals surface area (Å²) in [4.78, 5) is 20.2. The van der Waals surface area contributed by atoms with Crippen molar-refractivity contribution in [3.05, 3.63) is 59.4 Å². The van der Waals surface area contributed by atoms with Gasteiger partial charge >= 0.3 is 6.18 Å². The maximum Gasteiger partial charge on any atom is 0.416 e. The first kappa shape index (κ1) is 20.1. The van der Waals surface area contributed by atoms with Crippen LogP contribution < -0.4 is 10.6 Å². The average Bonchev–Trinajstić information content (AvgIpc) is 2.60. The Bertz CT molecular complexity index is 886. The van der Waals surface area contributed by atoms with E-state index in [4.69, 9.17) is 12.2 Å². The van der Waals surface area contributed by atoms with Gasteiger partial charge in [0.1, 0.15) is 5.92 Å². The number of alkyl halides is 3. The van der Waals surface area contributed by atoms with Crippen LogP contribution in [0.1, 0.15) is 42.0 Å². The number of rotatable bonds is 4. The highest BCUT2D eigenvalue weighted by atomic mass is 32.1. The minimum absolute atomic E-state index is 0.0379. The Kier molecular flexibility index (Phi) is 5.87. The van der Waals surface area contributed by atoms with Gasteiger partial charge in [-0.2, -0.15) is 17.6 Å². The molecule has 0 bridgehead atoms. The molecule has 0 aromatic carbocycles. The van der Waals surface area contributed by atoms with Gasteiger partial charge in [-0.25, -0.2) is 4.98 Å². The molecule has 3 rings (SSSR count). The van der Waals surface area contributed by atoms with Gasteiger partial charge in [0.05, 0.1) is 11.3 Å². The van der Waals surface area contributed by atoms with Gasteiger partial charge in [0.2, 0.25) is 11.9 Å². The smallest absolute Gasteiger partial charge is 0.360 e. The summed E-state index contributed by atoms with van der Waals surface area (Å²) in [7, 11) is 0. The summed E-state index contributed by atoms with van der Waals surface area (Å²) in [5.74, 6) is -3.22. The monoisotopic (exact) mass is 412 g/mol. The fraction of sp³-hybridized carbons (Fsp3) is 0.333. The van der Waals surface area contributed by atoms with Gasteiger partial charge in [-0.3, -0.25) is 9.78 Å². The summed E-state index contributed by atoms with van der Waals surface area (Å²) in [6.45, 7) is 0. The van der Waals surface area contributed by atoms with Crippen LogP contribution in [-0.4, -0.2) is 27.0 Å². The summed E-state index contributed by atoms with van der Waals surface area (Å²) in [6, 6.07) is 4.31. The van der Waals surface area contributed by atoms with E-state index in [1.165, 1.54) is 18.3 Å². The highest BCUT2D eigenvalue weighted by Gasteiger charge is 2.34. The van der Waals surface area contributed by atoms with E-state index in [0.717, 1.165) is 37.6 Å². The van der Waals surface area contributed by atoms with Gasteiger partial charge in [0, 0.05) is 24.0 Å². The summed E-state index contributed by atoms with van der Waals surface area (Å²) in [5.41, 5.74) is -1.45. The van der Waals surface area contributed by atoms with E-state index in [1.807, 2.05) is 0 Å². The number of hydrogen-bond donors (Lipinski definition) is 2. The first-order chi connectivity index (χ1) is 13.3. The molecular formula is C18H16F4N4OS. The fourth-order valence-corrected chi connectivity index (χ4v) is 3.06. The molecule has 2 aromatic rings. The van der Waals surface area contributed by atoms with Gasteiger partial charge in [0.25, 0.3) is 0 Å². The van der Waals surface area contributed by atoms with Gasteiger partial charge < -0.3 is 10.6 Å². The molecule has 0 spiro atoms. The Hall–Kier alpha value is -2.62. The zero-order valence-corrected chi connectivity index (χ0v) is 15.3. The Morgan fingerprint density at radius 2 is 1.96 bits per heavy atom. The largest absolute Gasteiger partial charge is 0.416 e. The lowest BCUT2D eigenvalue weighted by molar-refractivity contribution is -0.137. The van der Waals surface area contributed by atoms with E-state index in [2.05, 4.69) is 20.6 Å².